The zero-order chi connectivity index (χ0) is 14.0. The van der Waals surface area contributed by atoms with Crippen LogP contribution in [-0.2, 0) is 4.74 Å². The minimum atomic E-state index is -0.168. The predicted octanol–water partition coefficient (Wildman–Crippen LogP) is 1.26. The third-order valence-electron chi connectivity index (χ3n) is 4.57. The molecule has 4 unspecified atom stereocenters. The number of ether oxygens (including phenoxy) is 1. The number of morpholine rings is 1. The molecule has 2 rings (SSSR count). The van der Waals surface area contributed by atoms with Crippen molar-refractivity contribution in [2.24, 2.45) is 11.3 Å². The van der Waals surface area contributed by atoms with Gasteiger partial charge in [0.05, 0.1) is 24.9 Å². The van der Waals surface area contributed by atoms with Gasteiger partial charge in [0.25, 0.3) is 0 Å². The fourth-order valence-corrected chi connectivity index (χ4v) is 3.63. The molecule has 1 saturated carbocycles. The van der Waals surface area contributed by atoms with Gasteiger partial charge >= 0.3 is 0 Å². The number of rotatable bonds is 3. The van der Waals surface area contributed by atoms with E-state index in [0.717, 1.165) is 38.9 Å². The van der Waals surface area contributed by atoms with Crippen molar-refractivity contribution in [2.75, 3.05) is 26.2 Å². The lowest BCUT2D eigenvalue weighted by Crippen LogP contribution is -2.51. The Morgan fingerprint density at radius 2 is 2.05 bits per heavy atom. The van der Waals surface area contributed by atoms with Gasteiger partial charge < -0.3 is 14.9 Å². The predicted molar refractivity (Wildman–Crippen MR) is 75.0 cm³/mol. The summed E-state index contributed by atoms with van der Waals surface area (Å²) < 4.78 is 5.67. The van der Waals surface area contributed by atoms with Gasteiger partial charge in [0, 0.05) is 19.6 Å². The van der Waals surface area contributed by atoms with E-state index in [1.807, 2.05) is 0 Å². The van der Waals surface area contributed by atoms with E-state index in [1.165, 1.54) is 0 Å². The third-order valence-corrected chi connectivity index (χ3v) is 4.57. The fraction of sp³-hybridized carbons (Fsp3) is 1.00. The largest absolute Gasteiger partial charge is 0.394 e. The van der Waals surface area contributed by atoms with E-state index in [9.17, 15) is 10.2 Å². The number of aliphatic hydroxyl groups excluding tert-OH is 2. The van der Waals surface area contributed by atoms with E-state index in [-0.39, 0.29) is 24.9 Å². The van der Waals surface area contributed by atoms with Crippen molar-refractivity contribution in [3.05, 3.63) is 0 Å². The van der Waals surface area contributed by atoms with Gasteiger partial charge in [0.2, 0.25) is 0 Å². The molecule has 0 aromatic heterocycles. The summed E-state index contributed by atoms with van der Waals surface area (Å²) in [4.78, 5) is 2.35. The molecule has 0 aromatic rings. The van der Waals surface area contributed by atoms with Gasteiger partial charge in [0.15, 0.2) is 0 Å². The zero-order valence-corrected chi connectivity index (χ0v) is 12.5. The highest BCUT2D eigenvalue weighted by Gasteiger charge is 2.36. The van der Waals surface area contributed by atoms with E-state index in [4.69, 9.17) is 4.74 Å². The Kier molecular flexibility index (Phi) is 4.88. The third kappa shape index (κ3) is 4.15. The minimum absolute atomic E-state index is 0.0718. The molecule has 0 aromatic carbocycles. The summed E-state index contributed by atoms with van der Waals surface area (Å²) in [6.07, 6.45) is 3.05. The summed E-state index contributed by atoms with van der Waals surface area (Å²) in [7, 11) is 0. The van der Waals surface area contributed by atoms with E-state index < -0.39 is 0 Å². The van der Waals surface area contributed by atoms with Gasteiger partial charge in [-0.15, -0.1) is 0 Å². The van der Waals surface area contributed by atoms with E-state index in [2.05, 4.69) is 25.7 Å². The Bertz CT molecular complexity index is 295. The fourth-order valence-electron chi connectivity index (χ4n) is 3.63. The number of nitrogens with zero attached hydrogens (tertiary/aromatic N) is 1. The lowest BCUT2D eigenvalue weighted by molar-refractivity contribution is -0.105. The van der Waals surface area contributed by atoms with Crippen molar-refractivity contribution in [2.45, 2.75) is 58.3 Å². The quantitative estimate of drug-likeness (QED) is 0.811. The Morgan fingerprint density at radius 3 is 2.74 bits per heavy atom. The molecule has 4 nitrogen and oxygen atoms in total. The van der Waals surface area contributed by atoms with E-state index in [0.29, 0.717) is 11.3 Å². The van der Waals surface area contributed by atoms with Crippen molar-refractivity contribution < 1.29 is 14.9 Å². The lowest BCUT2D eigenvalue weighted by atomic mass is 9.70. The Morgan fingerprint density at radius 1 is 1.32 bits per heavy atom. The molecule has 0 amide bonds. The Balaban J connectivity index is 1.91. The van der Waals surface area contributed by atoms with Crippen LogP contribution in [0.3, 0.4) is 0 Å². The van der Waals surface area contributed by atoms with Gasteiger partial charge in [-0.1, -0.05) is 13.8 Å². The minimum Gasteiger partial charge on any atom is -0.394 e. The smallest absolute Gasteiger partial charge is 0.0936 e. The average Bonchev–Trinajstić information content (AvgIpc) is 2.33. The molecule has 4 atom stereocenters. The molecular formula is C15H29NO3. The number of hydrogen-bond donors (Lipinski definition) is 2. The summed E-state index contributed by atoms with van der Waals surface area (Å²) in [5.74, 6) is 0.355. The molecule has 1 aliphatic heterocycles. The van der Waals surface area contributed by atoms with Crippen molar-refractivity contribution >= 4 is 0 Å². The second-order valence-electron chi connectivity index (χ2n) is 7.20. The molecular weight excluding hydrogens is 242 g/mol. The Hall–Kier alpha value is -0.160. The van der Waals surface area contributed by atoms with Crippen LogP contribution in [-0.4, -0.2) is 59.7 Å². The maximum atomic E-state index is 10.2. The lowest BCUT2D eigenvalue weighted by Gasteiger charge is -2.43. The molecule has 1 saturated heterocycles. The molecule has 4 heteroatoms. The first-order valence-corrected chi connectivity index (χ1v) is 7.56. The van der Waals surface area contributed by atoms with Crippen molar-refractivity contribution in [1.82, 2.24) is 4.90 Å². The summed E-state index contributed by atoms with van der Waals surface area (Å²) in [6, 6.07) is 0. The van der Waals surface area contributed by atoms with Crippen molar-refractivity contribution in [3.63, 3.8) is 0 Å². The van der Waals surface area contributed by atoms with Crippen LogP contribution in [0, 0.1) is 11.3 Å². The van der Waals surface area contributed by atoms with Crippen LogP contribution in [0.25, 0.3) is 0 Å². The van der Waals surface area contributed by atoms with Crippen molar-refractivity contribution in [3.8, 4) is 0 Å². The van der Waals surface area contributed by atoms with Crippen molar-refractivity contribution in [1.29, 1.82) is 0 Å². The Labute approximate surface area is 116 Å². The summed E-state index contributed by atoms with van der Waals surface area (Å²) in [5, 5.41) is 19.5. The molecule has 2 N–H and O–H groups in total. The highest BCUT2D eigenvalue weighted by molar-refractivity contribution is 4.88. The summed E-state index contributed by atoms with van der Waals surface area (Å²) in [6.45, 7) is 9.34. The van der Waals surface area contributed by atoms with Gasteiger partial charge in [-0.3, -0.25) is 4.90 Å². The van der Waals surface area contributed by atoms with E-state index in [1.54, 1.807) is 0 Å². The SMILES string of the molecule is CC1CN(CC2CC(C)(C)CCC2O)CC(CO)O1. The summed E-state index contributed by atoms with van der Waals surface area (Å²) in [5.41, 5.74) is 0.345. The first kappa shape index (κ1) is 15.2. The second kappa shape index (κ2) is 6.08. The standard InChI is InChI=1S/C15H29NO3/c1-11-7-16(9-13(10-17)19-11)8-12-6-15(2,3)5-4-14(12)18/h11-14,17-18H,4-10H2,1-3H3. The molecule has 19 heavy (non-hydrogen) atoms. The van der Waals surface area contributed by atoms with Crippen LogP contribution in [0.2, 0.25) is 0 Å². The molecule has 112 valence electrons. The summed E-state index contributed by atoms with van der Waals surface area (Å²) >= 11 is 0. The van der Waals surface area contributed by atoms with Gasteiger partial charge in [-0.25, -0.2) is 0 Å². The normalized spacial score (nSPS) is 40.3. The van der Waals surface area contributed by atoms with Crippen LogP contribution in [0.4, 0.5) is 0 Å². The van der Waals surface area contributed by atoms with Gasteiger partial charge in [0.1, 0.15) is 0 Å². The molecule has 2 fully saturated rings. The van der Waals surface area contributed by atoms with Crippen LogP contribution >= 0.6 is 0 Å². The molecule has 0 bridgehead atoms. The molecule has 0 spiro atoms. The average molecular weight is 271 g/mol. The van der Waals surface area contributed by atoms with Gasteiger partial charge in [-0.2, -0.15) is 0 Å². The zero-order valence-electron chi connectivity index (χ0n) is 12.5. The highest BCUT2D eigenvalue weighted by atomic mass is 16.5. The number of aliphatic hydroxyl groups is 2. The molecule has 2 aliphatic rings. The second-order valence-corrected chi connectivity index (χ2v) is 7.20. The highest BCUT2D eigenvalue weighted by Crippen LogP contribution is 2.39. The molecule has 0 radical (unpaired) electrons. The van der Waals surface area contributed by atoms with E-state index >= 15 is 0 Å². The molecule has 1 heterocycles. The maximum Gasteiger partial charge on any atom is 0.0936 e. The number of hydrogen-bond acceptors (Lipinski definition) is 4. The first-order chi connectivity index (χ1) is 8.89. The van der Waals surface area contributed by atoms with Crippen LogP contribution in [0.5, 0.6) is 0 Å². The monoisotopic (exact) mass is 271 g/mol. The van der Waals surface area contributed by atoms with Crippen LogP contribution in [0.15, 0.2) is 0 Å². The van der Waals surface area contributed by atoms with Crippen LogP contribution in [0.1, 0.15) is 40.0 Å². The van der Waals surface area contributed by atoms with Crippen LogP contribution < -0.4 is 0 Å². The maximum absolute atomic E-state index is 10.2. The topological polar surface area (TPSA) is 52.9 Å². The van der Waals surface area contributed by atoms with Gasteiger partial charge in [-0.05, 0) is 37.5 Å². The molecule has 1 aliphatic carbocycles. The first-order valence-electron chi connectivity index (χ1n) is 7.56.